The van der Waals surface area contributed by atoms with Gasteiger partial charge in [0.15, 0.2) is 0 Å². The van der Waals surface area contributed by atoms with Crippen LogP contribution in [0.25, 0.3) is 0 Å². The Morgan fingerprint density at radius 1 is 1.44 bits per heavy atom. The van der Waals surface area contributed by atoms with Crippen LogP contribution in [0.4, 0.5) is 0 Å². The Balaban J connectivity index is 1.53. The monoisotopic (exact) mass is 244 g/mol. The van der Waals surface area contributed by atoms with Crippen LogP contribution in [0.5, 0.6) is 0 Å². The molecule has 2 N–H and O–H groups in total. The van der Waals surface area contributed by atoms with Crippen LogP contribution in [-0.2, 0) is 11.2 Å². The summed E-state index contributed by atoms with van der Waals surface area (Å²) in [6, 6.07) is 8.52. The van der Waals surface area contributed by atoms with Crippen LogP contribution in [0, 0.1) is 5.92 Å². The molecule has 3 nitrogen and oxygen atoms in total. The topological polar surface area (TPSA) is 41.1 Å². The van der Waals surface area contributed by atoms with Gasteiger partial charge in [-0.25, -0.2) is 0 Å². The maximum atomic E-state index is 12.0. The van der Waals surface area contributed by atoms with Crippen molar-refractivity contribution in [2.24, 2.45) is 5.92 Å². The van der Waals surface area contributed by atoms with Gasteiger partial charge in [0.2, 0.25) is 5.91 Å². The van der Waals surface area contributed by atoms with E-state index in [1.807, 2.05) is 0 Å². The van der Waals surface area contributed by atoms with Gasteiger partial charge in [-0.1, -0.05) is 31.2 Å². The van der Waals surface area contributed by atoms with Crippen molar-refractivity contribution in [2.45, 2.75) is 31.7 Å². The van der Waals surface area contributed by atoms with E-state index in [0.717, 1.165) is 25.9 Å². The van der Waals surface area contributed by atoms with E-state index in [-0.39, 0.29) is 11.9 Å². The fourth-order valence-corrected chi connectivity index (χ4v) is 3.06. The fourth-order valence-electron chi connectivity index (χ4n) is 3.06. The molecule has 3 heteroatoms. The molecule has 0 bridgehead atoms. The summed E-state index contributed by atoms with van der Waals surface area (Å²) in [5.74, 6) is 1.14. The van der Waals surface area contributed by atoms with Crippen molar-refractivity contribution in [3.8, 4) is 0 Å². The Bertz CT molecular complexity index is 458. The van der Waals surface area contributed by atoms with Crippen molar-refractivity contribution >= 4 is 5.91 Å². The SMILES string of the molecule is CC1CCNC1C(=O)NCC1Cc2ccccc21. The first-order valence-corrected chi connectivity index (χ1v) is 6.84. The third-order valence-corrected chi connectivity index (χ3v) is 4.30. The van der Waals surface area contributed by atoms with E-state index < -0.39 is 0 Å². The molecule has 3 unspecified atom stereocenters. The predicted octanol–water partition coefficient (Wildman–Crippen LogP) is 1.44. The molecule has 1 saturated heterocycles. The molecule has 1 aromatic carbocycles. The van der Waals surface area contributed by atoms with Crippen molar-refractivity contribution in [1.82, 2.24) is 10.6 Å². The van der Waals surface area contributed by atoms with Gasteiger partial charge in [0.25, 0.3) is 0 Å². The average molecular weight is 244 g/mol. The van der Waals surface area contributed by atoms with Crippen LogP contribution in [0.2, 0.25) is 0 Å². The molecule has 1 amide bonds. The summed E-state index contributed by atoms with van der Waals surface area (Å²) in [6.07, 6.45) is 2.20. The summed E-state index contributed by atoms with van der Waals surface area (Å²) in [6.45, 7) is 3.88. The molecule has 0 saturated carbocycles. The first-order valence-electron chi connectivity index (χ1n) is 6.84. The second-order valence-corrected chi connectivity index (χ2v) is 5.54. The van der Waals surface area contributed by atoms with Gasteiger partial charge < -0.3 is 10.6 Å². The minimum Gasteiger partial charge on any atom is -0.354 e. The van der Waals surface area contributed by atoms with Crippen LogP contribution in [-0.4, -0.2) is 25.0 Å². The van der Waals surface area contributed by atoms with Gasteiger partial charge in [0.1, 0.15) is 0 Å². The van der Waals surface area contributed by atoms with Crippen molar-refractivity contribution in [3.63, 3.8) is 0 Å². The zero-order valence-electron chi connectivity index (χ0n) is 10.8. The van der Waals surface area contributed by atoms with Crippen molar-refractivity contribution in [2.75, 3.05) is 13.1 Å². The third-order valence-electron chi connectivity index (χ3n) is 4.30. The first kappa shape index (κ1) is 11.7. The number of amides is 1. The number of hydrogen-bond donors (Lipinski definition) is 2. The van der Waals surface area contributed by atoms with Crippen LogP contribution >= 0.6 is 0 Å². The fraction of sp³-hybridized carbons (Fsp3) is 0.533. The zero-order chi connectivity index (χ0) is 12.5. The van der Waals surface area contributed by atoms with Gasteiger partial charge in [-0.15, -0.1) is 0 Å². The van der Waals surface area contributed by atoms with E-state index in [1.54, 1.807) is 0 Å². The Hall–Kier alpha value is -1.35. The minimum absolute atomic E-state index is 0.0142. The van der Waals surface area contributed by atoms with E-state index in [2.05, 4.69) is 41.8 Å². The second-order valence-electron chi connectivity index (χ2n) is 5.54. The number of carbonyl (C=O) groups excluding carboxylic acids is 1. The summed E-state index contributed by atoms with van der Waals surface area (Å²) in [7, 11) is 0. The molecule has 0 aromatic heterocycles. The molecule has 3 rings (SSSR count). The summed E-state index contributed by atoms with van der Waals surface area (Å²) >= 11 is 0. The standard InChI is InChI=1S/C15H20N2O/c1-10-6-7-16-14(10)15(18)17-9-12-8-11-4-2-3-5-13(11)12/h2-5,10,12,14,16H,6-9H2,1H3,(H,17,18). The molecule has 2 aliphatic rings. The third kappa shape index (κ3) is 2.03. The average Bonchev–Trinajstić information content (AvgIpc) is 2.76. The van der Waals surface area contributed by atoms with E-state index in [0.29, 0.717) is 11.8 Å². The Morgan fingerprint density at radius 2 is 2.28 bits per heavy atom. The Morgan fingerprint density at radius 3 is 3.00 bits per heavy atom. The van der Waals surface area contributed by atoms with Gasteiger partial charge in [-0.05, 0) is 36.4 Å². The lowest BCUT2D eigenvalue weighted by Gasteiger charge is -2.30. The molecule has 0 spiro atoms. The van der Waals surface area contributed by atoms with Gasteiger partial charge in [0.05, 0.1) is 6.04 Å². The highest BCUT2D eigenvalue weighted by atomic mass is 16.2. The Labute approximate surface area is 108 Å². The van der Waals surface area contributed by atoms with E-state index in [4.69, 9.17) is 0 Å². The molecule has 18 heavy (non-hydrogen) atoms. The molecular formula is C15H20N2O. The maximum absolute atomic E-state index is 12.0. The largest absolute Gasteiger partial charge is 0.354 e. The van der Waals surface area contributed by atoms with E-state index in [9.17, 15) is 4.79 Å². The van der Waals surface area contributed by atoms with Gasteiger partial charge in [-0.2, -0.15) is 0 Å². The van der Waals surface area contributed by atoms with Crippen LogP contribution in [0.15, 0.2) is 24.3 Å². The van der Waals surface area contributed by atoms with Crippen molar-refractivity contribution in [1.29, 1.82) is 0 Å². The summed E-state index contributed by atoms with van der Waals surface area (Å²) in [4.78, 5) is 12.0. The molecule has 96 valence electrons. The molecule has 0 radical (unpaired) electrons. The zero-order valence-corrected chi connectivity index (χ0v) is 10.8. The summed E-state index contributed by atoms with van der Waals surface area (Å²) < 4.78 is 0. The molecule has 1 aliphatic heterocycles. The number of hydrogen-bond acceptors (Lipinski definition) is 2. The molecule has 1 aliphatic carbocycles. The van der Waals surface area contributed by atoms with Gasteiger partial charge in [-0.3, -0.25) is 4.79 Å². The van der Waals surface area contributed by atoms with Crippen LogP contribution < -0.4 is 10.6 Å². The van der Waals surface area contributed by atoms with Crippen molar-refractivity contribution in [3.05, 3.63) is 35.4 Å². The van der Waals surface area contributed by atoms with E-state index in [1.165, 1.54) is 11.1 Å². The minimum atomic E-state index is 0.0142. The molecule has 1 heterocycles. The quantitative estimate of drug-likeness (QED) is 0.845. The highest BCUT2D eigenvalue weighted by molar-refractivity contribution is 5.82. The van der Waals surface area contributed by atoms with Gasteiger partial charge in [0, 0.05) is 12.5 Å². The lowest BCUT2D eigenvalue weighted by atomic mass is 9.77. The number of nitrogens with one attached hydrogen (secondary N) is 2. The molecule has 3 atom stereocenters. The Kier molecular flexibility index (Phi) is 3.08. The number of fused-ring (bicyclic) bond motifs is 1. The van der Waals surface area contributed by atoms with Crippen molar-refractivity contribution < 1.29 is 4.79 Å². The molecular weight excluding hydrogens is 224 g/mol. The number of benzene rings is 1. The maximum Gasteiger partial charge on any atom is 0.237 e. The smallest absolute Gasteiger partial charge is 0.237 e. The normalized spacial score (nSPS) is 29.5. The molecule has 1 aromatic rings. The summed E-state index contributed by atoms with van der Waals surface area (Å²) in [5, 5.41) is 6.37. The number of rotatable bonds is 3. The lowest BCUT2D eigenvalue weighted by molar-refractivity contribution is -0.123. The highest BCUT2D eigenvalue weighted by Gasteiger charge is 2.31. The molecule has 1 fully saturated rings. The highest BCUT2D eigenvalue weighted by Crippen LogP contribution is 2.34. The number of carbonyl (C=O) groups is 1. The predicted molar refractivity (Wildman–Crippen MR) is 71.5 cm³/mol. The van der Waals surface area contributed by atoms with Crippen LogP contribution in [0.1, 0.15) is 30.4 Å². The lowest BCUT2D eigenvalue weighted by Crippen LogP contribution is -2.45. The van der Waals surface area contributed by atoms with E-state index >= 15 is 0 Å². The van der Waals surface area contributed by atoms with Gasteiger partial charge >= 0.3 is 0 Å². The summed E-state index contributed by atoms with van der Waals surface area (Å²) in [5.41, 5.74) is 2.84. The first-order chi connectivity index (χ1) is 8.75. The van der Waals surface area contributed by atoms with Crippen LogP contribution in [0.3, 0.4) is 0 Å². The second kappa shape index (κ2) is 4.73.